The number of piperidine rings is 1. The Hall–Kier alpha value is -1.97. The highest BCUT2D eigenvalue weighted by Gasteiger charge is 2.39. The van der Waals surface area contributed by atoms with Crippen LogP contribution in [-0.4, -0.2) is 34.2 Å². The van der Waals surface area contributed by atoms with Crippen LogP contribution in [0.1, 0.15) is 81.4 Å². The summed E-state index contributed by atoms with van der Waals surface area (Å²) in [5, 5.41) is 13.0. The first-order valence-corrected chi connectivity index (χ1v) is 11.9. The number of hydrogen-bond acceptors (Lipinski definition) is 2. The summed E-state index contributed by atoms with van der Waals surface area (Å²) >= 11 is 0. The van der Waals surface area contributed by atoms with Crippen molar-refractivity contribution in [2.24, 2.45) is 5.92 Å². The third-order valence-corrected chi connectivity index (χ3v) is 7.16. The van der Waals surface area contributed by atoms with Gasteiger partial charge < -0.3 is 15.3 Å². The van der Waals surface area contributed by atoms with E-state index in [-0.39, 0.29) is 36.3 Å². The molecule has 0 bridgehead atoms. The van der Waals surface area contributed by atoms with Crippen molar-refractivity contribution >= 4 is 6.09 Å². The third kappa shape index (κ3) is 6.79. The molecule has 192 valence electrons. The van der Waals surface area contributed by atoms with Crippen molar-refractivity contribution in [3.05, 3.63) is 34.9 Å². The van der Waals surface area contributed by atoms with Gasteiger partial charge in [-0.3, -0.25) is 0 Å². The summed E-state index contributed by atoms with van der Waals surface area (Å²) in [4.78, 5) is 13.5. The molecule has 1 aromatic carbocycles. The highest BCUT2D eigenvalue weighted by atomic mass is 19.4. The van der Waals surface area contributed by atoms with Crippen molar-refractivity contribution in [1.29, 1.82) is 0 Å². The van der Waals surface area contributed by atoms with E-state index in [2.05, 4.69) is 5.32 Å². The molecule has 2 fully saturated rings. The molecule has 34 heavy (non-hydrogen) atoms. The number of nitrogens with zero attached hydrogens (tertiary/aromatic N) is 1. The smallest absolute Gasteiger partial charge is 0.416 e. The van der Waals surface area contributed by atoms with Crippen molar-refractivity contribution in [3.8, 4) is 0 Å². The fraction of sp³-hybridized carbons (Fsp3) is 0.708. The molecule has 0 spiro atoms. The Morgan fingerprint density at radius 2 is 1.53 bits per heavy atom. The fourth-order valence-corrected chi connectivity index (χ4v) is 5.52. The van der Waals surface area contributed by atoms with Gasteiger partial charge in [0.15, 0.2) is 0 Å². The maximum Gasteiger partial charge on any atom is 0.416 e. The summed E-state index contributed by atoms with van der Waals surface area (Å²) in [6.45, 7) is 1.74. The second-order valence-electron chi connectivity index (χ2n) is 9.61. The lowest BCUT2D eigenvalue weighted by Crippen LogP contribution is -2.56. The monoisotopic (exact) mass is 494 g/mol. The Labute approximate surface area is 195 Å². The average Bonchev–Trinajstić information content (AvgIpc) is 2.76. The number of carboxylic acid groups (broad SMARTS) is 1. The van der Waals surface area contributed by atoms with Gasteiger partial charge in [-0.25, -0.2) is 4.79 Å². The van der Waals surface area contributed by atoms with E-state index in [1.165, 1.54) is 11.3 Å². The number of likely N-dealkylation sites (tertiary alicyclic amines) is 1. The van der Waals surface area contributed by atoms with Gasteiger partial charge in [-0.1, -0.05) is 39.0 Å². The molecule has 0 radical (unpaired) electrons. The van der Waals surface area contributed by atoms with E-state index < -0.39 is 29.6 Å². The molecule has 3 rings (SSSR count). The minimum Gasteiger partial charge on any atom is -0.465 e. The van der Waals surface area contributed by atoms with Crippen LogP contribution in [0.3, 0.4) is 0 Å². The molecule has 1 aliphatic heterocycles. The van der Waals surface area contributed by atoms with Crippen molar-refractivity contribution < 1.29 is 36.2 Å². The number of alkyl halides is 6. The Morgan fingerprint density at radius 1 is 0.971 bits per heavy atom. The second kappa shape index (κ2) is 10.7. The zero-order chi connectivity index (χ0) is 25.1. The Bertz CT molecular complexity index is 803. The van der Waals surface area contributed by atoms with Gasteiger partial charge in [-0.2, -0.15) is 26.3 Å². The summed E-state index contributed by atoms with van der Waals surface area (Å²) < 4.78 is 79.0. The molecule has 2 N–H and O–H groups in total. The summed E-state index contributed by atoms with van der Waals surface area (Å²) in [5.41, 5.74) is -2.76. The molecule has 3 unspecified atom stereocenters. The van der Waals surface area contributed by atoms with Crippen LogP contribution in [0.25, 0.3) is 0 Å². The van der Waals surface area contributed by atoms with Crippen molar-refractivity contribution in [3.63, 3.8) is 0 Å². The van der Waals surface area contributed by atoms with Crippen molar-refractivity contribution in [2.45, 2.75) is 102 Å². The maximum absolute atomic E-state index is 13.2. The minimum atomic E-state index is -4.89. The van der Waals surface area contributed by atoms with Crippen LogP contribution in [0.15, 0.2) is 18.2 Å². The van der Waals surface area contributed by atoms with Gasteiger partial charge in [-0.05, 0) is 55.4 Å². The number of amides is 1. The average molecular weight is 495 g/mol. The first-order chi connectivity index (χ1) is 15.9. The number of hydrogen-bond donors (Lipinski definition) is 2. The lowest BCUT2D eigenvalue weighted by molar-refractivity contribution is -0.143. The lowest BCUT2D eigenvalue weighted by atomic mass is 9.80. The Balaban J connectivity index is 1.76. The van der Waals surface area contributed by atoms with E-state index in [9.17, 15) is 36.2 Å². The predicted octanol–water partition coefficient (Wildman–Crippen LogP) is 7.07. The van der Waals surface area contributed by atoms with Crippen LogP contribution in [0.5, 0.6) is 0 Å². The SMILES string of the molecule is CCC1CC(NCc2cc(C(F)(F)F)cc(C(F)(F)F)c2)CC(CC2CCCCC2)N1C(=O)O. The second-order valence-corrected chi connectivity index (χ2v) is 9.61. The highest BCUT2D eigenvalue weighted by molar-refractivity contribution is 5.66. The predicted molar refractivity (Wildman–Crippen MR) is 115 cm³/mol. The quantitative estimate of drug-likeness (QED) is 0.416. The van der Waals surface area contributed by atoms with Crippen LogP contribution in [-0.2, 0) is 18.9 Å². The van der Waals surface area contributed by atoms with Gasteiger partial charge in [0, 0.05) is 24.7 Å². The maximum atomic E-state index is 13.2. The minimum absolute atomic E-state index is 0.0975. The first kappa shape index (κ1) is 26.6. The molecule has 1 aliphatic carbocycles. The molecule has 1 heterocycles. The zero-order valence-corrected chi connectivity index (χ0v) is 19.2. The van der Waals surface area contributed by atoms with Crippen LogP contribution in [0.2, 0.25) is 0 Å². The molecule has 4 nitrogen and oxygen atoms in total. The molecule has 0 aromatic heterocycles. The molecule has 10 heteroatoms. The van der Waals surface area contributed by atoms with Gasteiger partial charge in [0.1, 0.15) is 0 Å². The van der Waals surface area contributed by atoms with Crippen molar-refractivity contribution in [1.82, 2.24) is 10.2 Å². The van der Waals surface area contributed by atoms with Crippen molar-refractivity contribution in [2.75, 3.05) is 0 Å². The van der Waals surface area contributed by atoms with E-state index in [0.29, 0.717) is 25.2 Å². The molecule has 2 aliphatic rings. The number of nitrogens with one attached hydrogen (secondary N) is 1. The summed E-state index contributed by atoms with van der Waals surface area (Å²) in [7, 11) is 0. The fourth-order valence-electron chi connectivity index (χ4n) is 5.52. The van der Waals surface area contributed by atoms with E-state index in [4.69, 9.17) is 0 Å². The molecule has 1 saturated carbocycles. The summed E-state index contributed by atoms with van der Waals surface area (Å²) in [6.07, 6.45) is -2.91. The van der Waals surface area contributed by atoms with Gasteiger partial charge in [0.25, 0.3) is 0 Å². The lowest BCUT2D eigenvalue weighted by Gasteiger charge is -2.45. The third-order valence-electron chi connectivity index (χ3n) is 7.16. The Morgan fingerprint density at radius 3 is 2.03 bits per heavy atom. The van der Waals surface area contributed by atoms with Crippen LogP contribution < -0.4 is 5.32 Å². The van der Waals surface area contributed by atoms with Crippen LogP contribution in [0, 0.1) is 5.92 Å². The van der Waals surface area contributed by atoms with Gasteiger partial charge in [-0.15, -0.1) is 0 Å². The number of carbonyl (C=O) groups is 1. The van der Waals surface area contributed by atoms with Gasteiger partial charge in [0.05, 0.1) is 11.1 Å². The molecule has 1 saturated heterocycles. The molecule has 1 aromatic rings. The summed E-state index contributed by atoms with van der Waals surface area (Å²) in [6, 6.07) is 0.950. The number of benzene rings is 1. The largest absolute Gasteiger partial charge is 0.465 e. The number of rotatable bonds is 6. The Kier molecular flexibility index (Phi) is 8.42. The molecule has 3 atom stereocenters. The molecule has 1 amide bonds. The van der Waals surface area contributed by atoms with E-state index in [1.807, 2.05) is 6.92 Å². The van der Waals surface area contributed by atoms with Crippen LogP contribution in [0.4, 0.5) is 31.1 Å². The van der Waals surface area contributed by atoms with Gasteiger partial charge >= 0.3 is 18.4 Å². The molecular weight excluding hydrogens is 462 g/mol. The highest BCUT2D eigenvalue weighted by Crippen LogP contribution is 2.37. The van der Waals surface area contributed by atoms with E-state index in [1.54, 1.807) is 0 Å². The topological polar surface area (TPSA) is 52.6 Å². The summed E-state index contributed by atoms with van der Waals surface area (Å²) in [5.74, 6) is 0.440. The van der Waals surface area contributed by atoms with E-state index >= 15 is 0 Å². The van der Waals surface area contributed by atoms with E-state index in [0.717, 1.165) is 44.2 Å². The zero-order valence-electron chi connectivity index (χ0n) is 19.2. The van der Waals surface area contributed by atoms with Crippen LogP contribution >= 0.6 is 0 Å². The van der Waals surface area contributed by atoms with Gasteiger partial charge in [0.2, 0.25) is 0 Å². The standard InChI is InChI=1S/C24H32F6N2O2/c1-2-20-12-19(13-21(32(20)22(33)34)10-15-6-4-3-5-7-15)31-14-16-8-17(23(25,26)27)11-18(9-16)24(28,29)30/h8-9,11,15,19-21,31H,2-7,10,12-14H2,1H3,(H,33,34). The molecular formula is C24H32F6N2O2. The first-order valence-electron chi connectivity index (χ1n) is 11.9. The normalized spacial score (nSPS) is 24.9. The number of halogens is 6.